The number of halogens is 1. The minimum atomic E-state index is -0.229. The van der Waals surface area contributed by atoms with E-state index in [-0.39, 0.29) is 10.8 Å². The van der Waals surface area contributed by atoms with Crippen LogP contribution in [-0.4, -0.2) is 19.5 Å². The topological polar surface area (TPSA) is 63.6 Å². The third-order valence-electron chi connectivity index (χ3n) is 4.16. The summed E-state index contributed by atoms with van der Waals surface area (Å²) in [6, 6.07) is 18.5. The van der Waals surface area contributed by atoms with Crippen molar-refractivity contribution in [3.8, 4) is 11.1 Å². The molecule has 0 aliphatic carbocycles. The fourth-order valence-electron chi connectivity index (χ4n) is 2.78. The van der Waals surface area contributed by atoms with Gasteiger partial charge in [0, 0.05) is 13.5 Å². The summed E-state index contributed by atoms with van der Waals surface area (Å²) in [7, 11) is 1.58. The monoisotopic (exact) mass is 350 g/mol. The van der Waals surface area contributed by atoms with Crippen molar-refractivity contribution in [1.82, 2.24) is 19.5 Å². The number of benzene rings is 2. The fourth-order valence-corrected chi connectivity index (χ4v) is 2.94. The smallest absolute Gasteiger partial charge is 0.280 e. The lowest BCUT2D eigenvalue weighted by Crippen LogP contribution is -2.18. The van der Waals surface area contributed by atoms with Crippen LogP contribution in [0, 0.1) is 0 Å². The maximum atomic E-state index is 12.2. The van der Waals surface area contributed by atoms with Gasteiger partial charge in [0.1, 0.15) is 5.82 Å². The average Bonchev–Trinajstić information content (AvgIpc) is 3.03. The summed E-state index contributed by atoms with van der Waals surface area (Å²) in [5.74, 6) is 0.689. The largest absolute Gasteiger partial charge is 0.336 e. The highest BCUT2D eigenvalue weighted by Gasteiger charge is 2.12. The molecular formula is C19H15ClN4O. The summed E-state index contributed by atoms with van der Waals surface area (Å²) in [4.78, 5) is 23.8. The molecule has 2 aromatic carbocycles. The molecule has 0 bridgehead atoms. The molecule has 124 valence electrons. The van der Waals surface area contributed by atoms with E-state index in [1.54, 1.807) is 7.05 Å². The van der Waals surface area contributed by atoms with Crippen molar-refractivity contribution in [2.45, 2.75) is 6.42 Å². The molecule has 1 N–H and O–H groups in total. The van der Waals surface area contributed by atoms with Gasteiger partial charge in [-0.3, -0.25) is 9.36 Å². The molecule has 0 saturated carbocycles. The Hall–Kier alpha value is -2.92. The molecular weight excluding hydrogens is 336 g/mol. The number of fused-ring (bicyclic) bond motifs is 1. The van der Waals surface area contributed by atoms with Crippen molar-refractivity contribution in [2.75, 3.05) is 0 Å². The van der Waals surface area contributed by atoms with Gasteiger partial charge in [0.2, 0.25) is 5.28 Å². The van der Waals surface area contributed by atoms with Crippen molar-refractivity contribution in [1.29, 1.82) is 0 Å². The predicted molar refractivity (Wildman–Crippen MR) is 98.8 cm³/mol. The molecule has 2 aromatic heterocycles. The number of hydrogen-bond donors (Lipinski definition) is 1. The van der Waals surface area contributed by atoms with E-state index in [0.717, 1.165) is 11.1 Å². The molecule has 0 unspecified atom stereocenters. The second kappa shape index (κ2) is 6.18. The fraction of sp³-hybridized carbons (Fsp3) is 0.105. The van der Waals surface area contributed by atoms with E-state index in [9.17, 15) is 4.79 Å². The summed E-state index contributed by atoms with van der Waals surface area (Å²) in [5.41, 5.74) is 3.94. The van der Waals surface area contributed by atoms with E-state index < -0.39 is 0 Å². The second-order valence-electron chi connectivity index (χ2n) is 5.87. The van der Waals surface area contributed by atoms with E-state index in [4.69, 9.17) is 11.6 Å². The van der Waals surface area contributed by atoms with Crippen LogP contribution < -0.4 is 5.56 Å². The zero-order chi connectivity index (χ0) is 17.4. The molecule has 0 amide bonds. The molecule has 0 atom stereocenters. The van der Waals surface area contributed by atoms with E-state index in [1.165, 1.54) is 10.1 Å². The zero-order valence-electron chi connectivity index (χ0n) is 13.5. The molecule has 25 heavy (non-hydrogen) atoms. The van der Waals surface area contributed by atoms with Crippen LogP contribution in [0.4, 0.5) is 0 Å². The molecule has 0 radical (unpaired) electrons. The number of imidazole rings is 1. The molecule has 0 aliphatic heterocycles. The van der Waals surface area contributed by atoms with Gasteiger partial charge >= 0.3 is 0 Å². The Morgan fingerprint density at radius 2 is 1.68 bits per heavy atom. The number of hydrogen-bond acceptors (Lipinski definition) is 3. The van der Waals surface area contributed by atoms with Gasteiger partial charge in [-0.15, -0.1) is 0 Å². The number of aromatic nitrogens is 4. The zero-order valence-corrected chi connectivity index (χ0v) is 14.3. The summed E-state index contributed by atoms with van der Waals surface area (Å²) >= 11 is 5.94. The van der Waals surface area contributed by atoms with Gasteiger partial charge in [-0.25, -0.2) is 4.98 Å². The van der Waals surface area contributed by atoms with Crippen LogP contribution in [0.25, 0.3) is 22.3 Å². The molecule has 0 fully saturated rings. The number of rotatable bonds is 3. The molecule has 5 nitrogen and oxygen atoms in total. The Kier molecular flexibility index (Phi) is 3.86. The van der Waals surface area contributed by atoms with Gasteiger partial charge < -0.3 is 4.98 Å². The SMILES string of the molecule is Cn1c(Cl)nc2nc(Cc3ccc(-c4ccccc4)cc3)[nH]c2c1=O. The molecule has 6 heteroatoms. The highest BCUT2D eigenvalue weighted by atomic mass is 35.5. The molecule has 0 spiro atoms. The van der Waals surface area contributed by atoms with Crippen molar-refractivity contribution in [3.05, 3.63) is 81.6 Å². The number of aromatic amines is 1. The highest BCUT2D eigenvalue weighted by molar-refractivity contribution is 6.28. The maximum Gasteiger partial charge on any atom is 0.280 e. The lowest BCUT2D eigenvalue weighted by Gasteiger charge is -2.03. The van der Waals surface area contributed by atoms with Crippen molar-refractivity contribution < 1.29 is 0 Å². The van der Waals surface area contributed by atoms with Crippen molar-refractivity contribution in [3.63, 3.8) is 0 Å². The van der Waals surface area contributed by atoms with Crippen LogP contribution >= 0.6 is 11.6 Å². The van der Waals surface area contributed by atoms with Crippen LogP contribution in [0.5, 0.6) is 0 Å². The van der Waals surface area contributed by atoms with Gasteiger partial charge in [-0.2, -0.15) is 4.98 Å². The van der Waals surface area contributed by atoms with Crippen LogP contribution in [-0.2, 0) is 13.5 Å². The lowest BCUT2D eigenvalue weighted by atomic mass is 10.0. The number of nitrogens with zero attached hydrogens (tertiary/aromatic N) is 3. The Morgan fingerprint density at radius 1 is 1.00 bits per heavy atom. The van der Waals surface area contributed by atoms with Gasteiger partial charge in [-0.05, 0) is 28.3 Å². The Balaban J connectivity index is 1.63. The minimum absolute atomic E-state index is 0.128. The van der Waals surface area contributed by atoms with Gasteiger partial charge in [0.25, 0.3) is 5.56 Å². The first-order chi connectivity index (χ1) is 12.1. The second-order valence-corrected chi connectivity index (χ2v) is 6.20. The Morgan fingerprint density at radius 3 is 2.40 bits per heavy atom. The Bertz CT molecular complexity index is 1100. The summed E-state index contributed by atoms with van der Waals surface area (Å²) in [6.45, 7) is 0. The standard InChI is InChI=1S/C19H15ClN4O/c1-24-18(25)16-17(23-19(24)20)22-15(21-16)11-12-7-9-14(10-8-12)13-5-3-2-4-6-13/h2-10H,11H2,1H3,(H,21,22). The van der Waals surface area contributed by atoms with Crippen LogP contribution in [0.3, 0.4) is 0 Å². The molecule has 4 rings (SSSR count). The van der Waals surface area contributed by atoms with Gasteiger partial charge in [0.05, 0.1) is 0 Å². The van der Waals surface area contributed by atoms with Crippen molar-refractivity contribution in [2.24, 2.45) is 7.05 Å². The minimum Gasteiger partial charge on any atom is -0.336 e. The van der Waals surface area contributed by atoms with Crippen LogP contribution in [0.15, 0.2) is 59.4 Å². The first kappa shape index (κ1) is 15.6. The molecule has 0 aliphatic rings. The first-order valence-electron chi connectivity index (χ1n) is 7.87. The van der Waals surface area contributed by atoms with E-state index in [2.05, 4.69) is 51.4 Å². The average molecular weight is 351 g/mol. The van der Waals surface area contributed by atoms with Gasteiger partial charge in [-0.1, -0.05) is 54.6 Å². The third kappa shape index (κ3) is 2.94. The summed E-state index contributed by atoms with van der Waals surface area (Å²) < 4.78 is 1.29. The summed E-state index contributed by atoms with van der Waals surface area (Å²) in [5, 5.41) is 0.128. The first-order valence-corrected chi connectivity index (χ1v) is 8.25. The number of H-pyrrole nitrogens is 1. The normalized spacial score (nSPS) is 11.1. The molecule has 4 aromatic rings. The highest BCUT2D eigenvalue weighted by Crippen LogP contribution is 2.20. The lowest BCUT2D eigenvalue weighted by molar-refractivity contribution is 0.840. The number of nitrogens with one attached hydrogen (secondary N) is 1. The van der Waals surface area contributed by atoms with Gasteiger partial charge in [0.15, 0.2) is 11.2 Å². The quantitative estimate of drug-likeness (QED) is 0.574. The maximum absolute atomic E-state index is 12.2. The molecule has 2 heterocycles. The molecule has 0 saturated heterocycles. The third-order valence-corrected chi connectivity index (χ3v) is 4.50. The Labute approximate surface area is 149 Å². The van der Waals surface area contributed by atoms with E-state index >= 15 is 0 Å². The van der Waals surface area contributed by atoms with E-state index in [1.807, 2.05) is 18.2 Å². The van der Waals surface area contributed by atoms with Crippen molar-refractivity contribution >= 4 is 22.8 Å². The predicted octanol–water partition coefficient (Wildman–Crippen LogP) is 3.57. The van der Waals surface area contributed by atoms with E-state index in [0.29, 0.717) is 23.4 Å². The van der Waals surface area contributed by atoms with Crippen LogP contribution in [0.2, 0.25) is 5.28 Å². The summed E-state index contributed by atoms with van der Waals surface area (Å²) in [6.07, 6.45) is 0.589. The van der Waals surface area contributed by atoms with Crippen LogP contribution in [0.1, 0.15) is 11.4 Å².